The average Bonchev–Trinajstić information content (AvgIpc) is 2.86. The Labute approximate surface area is 146 Å². The molecule has 1 aromatic carbocycles. The molecule has 1 aliphatic carbocycles. The summed E-state index contributed by atoms with van der Waals surface area (Å²) in [7, 11) is 0. The summed E-state index contributed by atoms with van der Waals surface area (Å²) in [6, 6.07) is 5.60. The Bertz CT molecular complexity index is 823. The van der Waals surface area contributed by atoms with E-state index >= 15 is 0 Å². The molecule has 2 amide bonds. The Hall–Kier alpha value is -2.14. The number of benzene rings is 1. The third-order valence-electron chi connectivity index (χ3n) is 4.75. The van der Waals surface area contributed by atoms with Gasteiger partial charge in [0.05, 0.1) is 5.56 Å². The number of fused-ring (bicyclic) bond motifs is 1. The summed E-state index contributed by atoms with van der Waals surface area (Å²) in [6.45, 7) is 6.20. The third kappa shape index (κ3) is 3.08. The van der Waals surface area contributed by atoms with E-state index in [0.29, 0.717) is 22.0 Å². The van der Waals surface area contributed by atoms with E-state index in [1.165, 1.54) is 16.2 Å². The molecule has 1 unspecified atom stereocenters. The normalized spacial score (nSPS) is 16.5. The maximum atomic E-state index is 12.6. The maximum absolute atomic E-state index is 12.6. The molecule has 0 saturated carbocycles. The number of primary amides is 1. The van der Waals surface area contributed by atoms with Crippen molar-refractivity contribution < 1.29 is 9.59 Å². The van der Waals surface area contributed by atoms with E-state index in [2.05, 4.69) is 12.2 Å². The summed E-state index contributed by atoms with van der Waals surface area (Å²) in [5.41, 5.74) is 9.92. The molecule has 126 valence electrons. The second kappa shape index (κ2) is 6.40. The molecule has 3 N–H and O–H groups in total. The van der Waals surface area contributed by atoms with E-state index in [-0.39, 0.29) is 5.91 Å². The first kappa shape index (κ1) is 16.7. The van der Waals surface area contributed by atoms with Crippen molar-refractivity contribution in [1.82, 2.24) is 0 Å². The number of thiophene rings is 1. The molecule has 0 saturated heterocycles. The second-order valence-electron chi connectivity index (χ2n) is 6.67. The van der Waals surface area contributed by atoms with E-state index in [1.807, 2.05) is 26.0 Å². The fourth-order valence-electron chi connectivity index (χ4n) is 3.16. The van der Waals surface area contributed by atoms with Gasteiger partial charge in [-0.2, -0.15) is 0 Å². The molecule has 0 aliphatic heterocycles. The standard InChI is InChI=1S/C19H22N2O2S/c1-10-4-7-14-15(8-10)24-19(16(14)17(20)22)21-18(23)13-6-5-11(2)12(3)9-13/h5-6,9-10H,4,7-8H2,1-3H3,(H2,20,22)(H,21,23). The van der Waals surface area contributed by atoms with Crippen LogP contribution < -0.4 is 11.1 Å². The van der Waals surface area contributed by atoms with Crippen molar-refractivity contribution in [3.63, 3.8) is 0 Å². The first-order valence-corrected chi connectivity index (χ1v) is 9.01. The largest absolute Gasteiger partial charge is 0.365 e. The summed E-state index contributed by atoms with van der Waals surface area (Å²) in [5, 5.41) is 3.49. The fourth-order valence-corrected chi connectivity index (χ4v) is 4.57. The minimum Gasteiger partial charge on any atom is -0.365 e. The van der Waals surface area contributed by atoms with Crippen molar-refractivity contribution in [1.29, 1.82) is 0 Å². The van der Waals surface area contributed by atoms with Gasteiger partial charge in [-0.1, -0.05) is 13.0 Å². The lowest BCUT2D eigenvalue weighted by atomic mass is 9.88. The van der Waals surface area contributed by atoms with Crippen LogP contribution in [0.3, 0.4) is 0 Å². The van der Waals surface area contributed by atoms with E-state index in [4.69, 9.17) is 5.73 Å². The summed E-state index contributed by atoms with van der Waals surface area (Å²) < 4.78 is 0. The van der Waals surface area contributed by atoms with Crippen molar-refractivity contribution in [2.75, 3.05) is 5.32 Å². The molecule has 3 rings (SSSR count). The van der Waals surface area contributed by atoms with Gasteiger partial charge in [0.2, 0.25) is 0 Å². The Morgan fingerprint density at radius 2 is 2.00 bits per heavy atom. The lowest BCUT2D eigenvalue weighted by Crippen LogP contribution is -2.19. The van der Waals surface area contributed by atoms with Crippen molar-refractivity contribution in [2.45, 2.75) is 40.0 Å². The minimum absolute atomic E-state index is 0.202. The first-order chi connectivity index (χ1) is 11.4. The molecular formula is C19H22N2O2S. The number of anilines is 1. The van der Waals surface area contributed by atoms with Gasteiger partial charge >= 0.3 is 0 Å². The zero-order chi connectivity index (χ0) is 17.4. The van der Waals surface area contributed by atoms with Crippen LogP contribution in [0, 0.1) is 19.8 Å². The number of rotatable bonds is 3. The van der Waals surface area contributed by atoms with Gasteiger partial charge in [0.25, 0.3) is 11.8 Å². The number of amides is 2. The van der Waals surface area contributed by atoms with Gasteiger partial charge in [0.1, 0.15) is 5.00 Å². The molecule has 0 radical (unpaired) electrons. The van der Waals surface area contributed by atoms with Crippen LogP contribution in [0.1, 0.15) is 55.6 Å². The summed E-state index contributed by atoms with van der Waals surface area (Å²) in [6.07, 6.45) is 2.85. The van der Waals surface area contributed by atoms with E-state index in [9.17, 15) is 9.59 Å². The van der Waals surface area contributed by atoms with Crippen LogP contribution >= 0.6 is 11.3 Å². The van der Waals surface area contributed by atoms with Crippen molar-refractivity contribution in [3.8, 4) is 0 Å². The maximum Gasteiger partial charge on any atom is 0.256 e. The second-order valence-corrected chi connectivity index (χ2v) is 7.78. The van der Waals surface area contributed by atoms with Crippen LogP contribution in [0.2, 0.25) is 0 Å². The van der Waals surface area contributed by atoms with E-state index < -0.39 is 5.91 Å². The van der Waals surface area contributed by atoms with Crippen molar-refractivity contribution >= 4 is 28.2 Å². The van der Waals surface area contributed by atoms with Crippen LogP contribution in [0.15, 0.2) is 18.2 Å². The van der Waals surface area contributed by atoms with Gasteiger partial charge in [-0.3, -0.25) is 9.59 Å². The Morgan fingerprint density at radius 3 is 2.67 bits per heavy atom. The van der Waals surface area contributed by atoms with Gasteiger partial charge in [0.15, 0.2) is 0 Å². The van der Waals surface area contributed by atoms with Gasteiger partial charge in [0, 0.05) is 10.4 Å². The highest BCUT2D eigenvalue weighted by atomic mass is 32.1. The molecule has 0 bridgehead atoms. The molecule has 1 aromatic heterocycles. The predicted octanol–water partition coefficient (Wildman–Crippen LogP) is 3.84. The predicted molar refractivity (Wildman–Crippen MR) is 97.9 cm³/mol. The Kier molecular flexibility index (Phi) is 4.45. The Morgan fingerprint density at radius 1 is 1.25 bits per heavy atom. The van der Waals surface area contributed by atoms with Gasteiger partial charge in [-0.05, 0) is 67.9 Å². The highest BCUT2D eigenvalue weighted by molar-refractivity contribution is 7.17. The van der Waals surface area contributed by atoms with Gasteiger partial charge in [-0.15, -0.1) is 11.3 Å². The van der Waals surface area contributed by atoms with Crippen molar-refractivity contribution in [2.24, 2.45) is 11.7 Å². The number of hydrogen-bond donors (Lipinski definition) is 2. The molecule has 24 heavy (non-hydrogen) atoms. The third-order valence-corrected chi connectivity index (χ3v) is 5.92. The number of aryl methyl sites for hydroxylation is 2. The average molecular weight is 342 g/mol. The number of nitrogens with two attached hydrogens (primary N) is 1. The number of carbonyl (C=O) groups excluding carboxylic acids is 2. The van der Waals surface area contributed by atoms with E-state index in [1.54, 1.807) is 6.07 Å². The summed E-state index contributed by atoms with van der Waals surface area (Å²) in [4.78, 5) is 25.7. The Balaban J connectivity index is 1.93. The van der Waals surface area contributed by atoms with E-state index in [0.717, 1.165) is 36.0 Å². The molecule has 1 aliphatic rings. The molecule has 0 fully saturated rings. The molecule has 2 aromatic rings. The zero-order valence-corrected chi connectivity index (χ0v) is 15.0. The summed E-state index contributed by atoms with van der Waals surface area (Å²) >= 11 is 1.49. The fraction of sp³-hybridized carbons (Fsp3) is 0.368. The van der Waals surface area contributed by atoms with Crippen LogP contribution in [-0.2, 0) is 12.8 Å². The lowest BCUT2D eigenvalue weighted by molar-refractivity contribution is 0.1000. The molecule has 0 spiro atoms. The topological polar surface area (TPSA) is 72.2 Å². The van der Waals surface area contributed by atoms with Crippen LogP contribution in [0.4, 0.5) is 5.00 Å². The van der Waals surface area contributed by atoms with Crippen molar-refractivity contribution in [3.05, 3.63) is 50.9 Å². The highest BCUT2D eigenvalue weighted by Crippen LogP contribution is 2.39. The molecule has 1 atom stereocenters. The smallest absolute Gasteiger partial charge is 0.256 e. The summed E-state index contributed by atoms with van der Waals surface area (Å²) in [5.74, 6) is -0.0649. The van der Waals surface area contributed by atoms with Crippen LogP contribution in [-0.4, -0.2) is 11.8 Å². The highest BCUT2D eigenvalue weighted by Gasteiger charge is 2.27. The van der Waals surface area contributed by atoms with Gasteiger partial charge in [-0.25, -0.2) is 0 Å². The van der Waals surface area contributed by atoms with Gasteiger partial charge < -0.3 is 11.1 Å². The molecule has 1 heterocycles. The molecule has 4 nitrogen and oxygen atoms in total. The lowest BCUT2D eigenvalue weighted by Gasteiger charge is -2.18. The number of carbonyl (C=O) groups is 2. The number of hydrogen-bond acceptors (Lipinski definition) is 3. The monoisotopic (exact) mass is 342 g/mol. The minimum atomic E-state index is -0.461. The van der Waals surface area contributed by atoms with Crippen LogP contribution in [0.25, 0.3) is 0 Å². The number of nitrogens with one attached hydrogen (secondary N) is 1. The van der Waals surface area contributed by atoms with Crippen LogP contribution in [0.5, 0.6) is 0 Å². The SMILES string of the molecule is Cc1ccc(C(=O)Nc2sc3c(c2C(N)=O)CCC(C)C3)cc1C. The molecular weight excluding hydrogens is 320 g/mol. The zero-order valence-electron chi connectivity index (χ0n) is 14.2. The first-order valence-electron chi connectivity index (χ1n) is 8.19. The molecule has 5 heteroatoms. The quantitative estimate of drug-likeness (QED) is 0.889.